The van der Waals surface area contributed by atoms with Gasteiger partial charge in [0.15, 0.2) is 6.61 Å². The van der Waals surface area contributed by atoms with E-state index in [0.29, 0.717) is 11.6 Å². The molecule has 5 nitrogen and oxygen atoms in total. The van der Waals surface area contributed by atoms with Crippen molar-refractivity contribution in [1.29, 1.82) is 0 Å². The van der Waals surface area contributed by atoms with E-state index in [2.05, 4.69) is 19.2 Å². The van der Waals surface area contributed by atoms with E-state index in [0.717, 1.165) is 28.5 Å². The summed E-state index contributed by atoms with van der Waals surface area (Å²) in [6.07, 6.45) is 2.68. The van der Waals surface area contributed by atoms with Crippen molar-refractivity contribution in [2.24, 2.45) is 0 Å². The molecule has 0 radical (unpaired) electrons. The third kappa shape index (κ3) is 4.80. The van der Waals surface area contributed by atoms with E-state index in [4.69, 9.17) is 9.15 Å². The van der Waals surface area contributed by atoms with E-state index in [9.17, 15) is 9.59 Å². The van der Waals surface area contributed by atoms with Crippen LogP contribution in [-0.2, 0) is 20.7 Å². The molecule has 3 aromatic rings. The van der Waals surface area contributed by atoms with Gasteiger partial charge in [0.25, 0.3) is 5.91 Å². The zero-order chi connectivity index (χ0) is 20.1. The number of aryl methyl sites for hydroxylation is 1. The van der Waals surface area contributed by atoms with Crippen molar-refractivity contribution >= 4 is 28.5 Å². The van der Waals surface area contributed by atoms with Gasteiger partial charge >= 0.3 is 5.97 Å². The first-order chi connectivity index (χ1) is 13.5. The standard InChI is InChI=1S/C23H25NO4/c1-4-16(3)17-6-8-19(9-7-17)24-22(25)14-28-23(26)12-18-13-27-21-11-15(2)5-10-20(18)21/h5-11,13,16H,4,12,14H2,1-3H3,(H,24,25)/t16-/m1/s1. The average Bonchev–Trinajstić information content (AvgIpc) is 3.08. The number of carbonyl (C=O) groups excluding carboxylic acids is 2. The van der Waals surface area contributed by atoms with Crippen LogP contribution in [0, 0.1) is 6.92 Å². The Morgan fingerprint density at radius 2 is 1.89 bits per heavy atom. The molecule has 1 N–H and O–H groups in total. The summed E-state index contributed by atoms with van der Waals surface area (Å²) in [5.41, 5.74) is 4.49. The Kier molecular flexibility index (Phi) is 6.14. The third-order valence-electron chi connectivity index (χ3n) is 4.89. The maximum atomic E-state index is 12.1. The monoisotopic (exact) mass is 379 g/mol. The molecule has 0 aliphatic rings. The fourth-order valence-electron chi connectivity index (χ4n) is 3.01. The van der Waals surface area contributed by atoms with Gasteiger partial charge in [-0.15, -0.1) is 0 Å². The fraction of sp³-hybridized carbons (Fsp3) is 0.304. The fourth-order valence-corrected chi connectivity index (χ4v) is 3.01. The number of nitrogens with one attached hydrogen (secondary N) is 1. The highest BCUT2D eigenvalue weighted by Gasteiger charge is 2.13. The predicted molar refractivity (Wildman–Crippen MR) is 109 cm³/mol. The summed E-state index contributed by atoms with van der Waals surface area (Å²) in [5.74, 6) is -0.350. The van der Waals surface area contributed by atoms with Gasteiger partial charge in [-0.3, -0.25) is 9.59 Å². The number of rotatable bonds is 7. The van der Waals surface area contributed by atoms with Crippen molar-refractivity contribution in [2.75, 3.05) is 11.9 Å². The van der Waals surface area contributed by atoms with Gasteiger partial charge in [-0.2, -0.15) is 0 Å². The minimum absolute atomic E-state index is 0.0624. The van der Waals surface area contributed by atoms with E-state index >= 15 is 0 Å². The van der Waals surface area contributed by atoms with E-state index in [1.54, 1.807) is 6.26 Å². The molecule has 1 amide bonds. The van der Waals surface area contributed by atoms with Crippen molar-refractivity contribution in [3.05, 3.63) is 65.4 Å². The number of fused-ring (bicyclic) bond motifs is 1. The molecule has 5 heteroatoms. The summed E-state index contributed by atoms with van der Waals surface area (Å²) in [6, 6.07) is 13.5. The highest BCUT2D eigenvalue weighted by atomic mass is 16.5. The first-order valence-electron chi connectivity index (χ1n) is 9.48. The summed E-state index contributed by atoms with van der Waals surface area (Å²) in [4.78, 5) is 24.1. The second kappa shape index (κ2) is 8.74. The van der Waals surface area contributed by atoms with Gasteiger partial charge in [0.2, 0.25) is 0 Å². The van der Waals surface area contributed by atoms with Crippen molar-refractivity contribution < 1.29 is 18.7 Å². The van der Waals surface area contributed by atoms with Crippen LogP contribution in [0.2, 0.25) is 0 Å². The summed E-state index contributed by atoms with van der Waals surface area (Å²) in [7, 11) is 0. The smallest absolute Gasteiger partial charge is 0.310 e. The Morgan fingerprint density at radius 1 is 1.14 bits per heavy atom. The minimum Gasteiger partial charge on any atom is -0.464 e. The molecule has 1 heterocycles. The van der Waals surface area contributed by atoms with Gasteiger partial charge in [-0.25, -0.2) is 0 Å². The number of amides is 1. The molecule has 0 aliphatic carbocycles. The molecule has 0 aliphatic heterocycles. The molecule has 146 valence electrons. The number of benzene rings is 2. The van der Waals surface area contributed by atoms with Crippen LogP contribution < -0.4 is 5.32 Å². The van der Waals surface area contributed by atoms with Crippen LogP contribution in [-0.4, -0.2) is 18.5 Å². The van der Waals surface area contributed by atoms with E-state index in [1.807, 2.05) is 49.4 Å². The first-order valence-corrected chi connectivity index (χ1v) is 9.48. The molecule has 1 aromatic heterocycles. The van der Waals surface area contributed by atoms with E-state index in [1.165, 1.54) is 5.56 Å². The Bertz CT molecular complexity index is 972. The number of hydrogen-bond donors (Lipinski definition) is 1. The Hall–Kier alpha value is -3.08. The molecule has 0 bridgehead atoms. The van der Waals surface area contributed by atoms with Crippen molar-refractivity contribution in [3.8, 4) is 0 Å². The van der Waals surface area contributed by atoms with Gasteiger partial charge in [-0.1, -0.05) is 38.1 Å². The number of esters is 1. The Morgan fingerprint density at radius 3 is 2.61 bits per heavy atom. The Balaban J connectivity index is 1.50. The second-order valence-corrected chi connectivity index (χ2v) is 7.08. The molecule has 0 saturated heterocycles. The lowest BCUT2D eigenvalue weighted by Gasteiger charge is -2.10. The minimum atomic E-state index is -0.467. The summed E-state index contributed by atoms with van der Waals surface area (Å²) < 4.78 is 10.6. The van der Waals surface area contributed by atoms with Crippen LogP contribution in [0.5, 0.6) is 0 Å². The molecule has 0 unspecified atom stereocenters. The van der Waals surface area contributed by atoms with Gasteiger partial charge in [0.05, 0.1) is 12.7 Å². The van der Waals surface area contributed by atoms with Crippen LogP contribution in [0.3, 0.4) is 0 Å². The molecule has 3 rings (SSSR count). The molecular weight excluding hydrogens is 354 g/mol. The van der Waals surface area contributed by atoms with Crippen LogP contribution >= 0.6 is 0 Å². The molecule has 1 atom stereocenters. The maximum absolute atomic E-state index is 12.1. The normalized spacial score (nSPS) is 12.0. The summed E-state index contributed by atoms with van der Waals surface area (Å²) in [5, 5.41) is 3.62. The number of ether oxygens (including phenoxy) is 1. The summed E-state index contributed by atoms with van der Waals surface area (Å²) in [6.45, 7) is 5.97. The third-order valence-corrected chi connectivity index (χ3v) is 4.89. The topological polar surface area (TPSA) is 68.5 Å². The largest absolute Gasteiger partial charge is 0.464 e. The molecule has 0 saturated carbocycles. The first kappa shape index (κ1) is 19.7. The average molecular weight is 379 g/mol. The van der Waals surface area contributed by atoms with Gasteiger partial charge < -0.3 is 14.5 Å². The summed E-state index contributed by atoms with van der Waals surface area (Å²) >= 11 is 0. The predicted octanol–water partition coefficient (Wildman–Crippen LogP) is 4.98. The van der Waals surface area contributed by atoms with Crippen LogP contribution in [0.1, 0.15) is 42.9 Å². The zero-order valence-corrected chi connectivity index (χ0v) is 16.5. The Labute approximate surface area is 164 Å². The van der Waals surface area contributed by atoms with Crippen LogP contribution in [0.15, 0.2) is 53.1 Å². The lowest BCUT2D eigenvalue weighted by atomic mass is 9.99. The van der Waals surface area contributed by atoms with Crippen molar-refractivity contribution in [1.82, 2.24) is 0 Å². The van der Waals surface area contributed by atoms with Crippen molar-refractivity contribution in [2.45, 2.75) is 39.5 Å². The highest BCUT2D eigenvalue weighted by Crippen LogP contribution is 2.23. The molecule has 0 fully saturated rings. The lowest BCUT2D eigenvalue weighted by Crippen LogP contribution is -2.21. The maximum Gasteiger partial charge on any atom is 0.310 e. The zero-order valence-electron chi connectivity index (χ0n) is 16.5. The second-order valence-electron chi connectivity index (χ2n) is 7.08. The number of furan rings is 1. The quantitative estimate of drug-likeness (QED) is 0.588. The van der Waals surface area contributed by atoms with E-state index in [-0.39, 0.29) is 18.9 Å². The number of hydrogen-bond acceptors (Lipinski definition) is 4. The van der Waals surface area contributed by atoms with Gasteiger partial charge in [-0.05, 0) is 48.6 Å². The number of anilines is 1. The number of carbonyl (C=O) groups is 2. The van der Waals surface area contributed by atoms with Crippen LogP contribution in [0.4, 0.5) is 5.69 Å². The highest BCUT2D eigenvalue weighted by molar-refractivity contribution is 5.93. The SMILES string of the molecule is CC[C@@H](C)c1ccc(NC(=O)COC(=O)Cc2coc3cc(C)ccc23)cc1. The molecule has 2 aromatic carbocycles. The van der Waals surface area contributed by atoms with E-state index < -0.39 is 5.97 Å². The van der Waals surface area contributed by atoms with Crippen LogP contribution in [0.25, 0.3) is 11.0 Å². The van der Waals surface area contributed by atoms with Gasteiger partial charge in [0, 0.05) is 16.6 Å². The van der Waals surface area contributed by atoms with Crippen molar-refractivity contribution in [3.63, 3.8) is 0 Å². The molecule has 0 spiro atoms. The molecule has 28 heavy (non-hydrogen) atoms. The van der Waals surface area contributed by atoms with Gasteiger partial charge in [0.1, 0.15) is 5.58 Å². The molecular formula is C23H25NO4. The lowest BCUT2D eigenvalue weighted by molar-refractivity contribution is -0.146.